The summed E-state index contributed by atoms with van der Waals surface area (Å²) < 4.78 is 0. The molecule has 28 heteroatoms. The average molecular weight is 1040 g/mol. The fourth-order valence-electron chi connectivity index (χ4n) is 6.80. The monoisotopic (exact) mass is 1030 g/mol. The van der Waals surface area contributed by atoms with Gasteiger partial charge in [0, 0.05) is 48.5 Å². The van der Waals surface area contributed by atoms with E-state index >= 15 is 0 Å². The van der Waals surface area contributed by atoms with Gasteiger partial charge in [-0.1, -0.05) is 32.0 Å². The molecule has 0 unspecified atom stereocenters. The lowest BCUT2D eigenvalue weighted by molar-refractivity contribution is -0.142. The Morgan fingerprint density at radius 3 is 1.72 bits per heavy atom. The standard InChI is InChI=1S/C44H66N12O15S/c1-20(2)15-29(53-37(63)25(45)9-12-32(46)58)38(64)49-18-34(60)51-27(11-14-35(61)62)39(65)52-28(10-13-33(47)59)40(66)55-31(19-72)42(68)54-30(16-23-17-48-26-8-6-5-7-24(23)26)41(67)56-36(22(4)57)43(69)50-21(3)44(70)71/h5-8,17,20-22,25,27-31,36,48,57,72H,9-16,18-19,45H2,1-4H3,(H2,46,58)(H2,47,59)(H,49,64)(H,50,69)(H,51,60)(H,52,65)(H,53,63)(H,54,68)(H,55,66)(H,56,67)(H,61,62)(H,70,71)/t21-,22+,25-,27-,28-,29-,30-,31-,36-/m0/s1. The van der Waals surface area contributed by atoms with E-state index in [-0.39, 0.29) is 31.6 Å². The second kappa shape index (κ2) is 29.8. The summed E-state index contributed by atoms with van der Waals surface area (Å²) in [6.45, 7) is 5.04. The number of amides is 10. The minimum Gasteiger partial charge on any atom is -0.481 e. The molecule has 0 fully saturated rings. The summed E-state index contributed by atoms with van der Waals surface area (Å²) in [7, 11) is 0. The third kappa shape index (κ3) is 20.9. The number of primary amides is 2. The van der Waals surface area contributed by atoms with Gasteiger partial charge in [-0.3, -0.25) is 57.5 Å². The molecular weight excluding hydrogens is 969 g/mol. The molecule has 72 heavy (non-hydrogen) atoms. The molecule has 398 valence electrons. The van der Waals surface area contributed by atoms with Gasteiger partial charge in [0.25, 0.3) is 0 Å². The van der Waals surface area contributed by atoms with Gasteiger partial charge in [-0.25, -0.2) is 0 Å². The molecule has 2 rings (SSSR count). The lowest BCUT2D eigenvalue weighted by Crippen LogP contribution is -2.61. The number of hydrogen-bond donors (Lipinski definition) is 16. The molecule has 27 nitrogen and oxygen atoms in total. The number of carboxylic acids is 2. The quantitative estimate of drug-likeness (QED) is 0.0307. The van der Waals surface area contributed by atoms with Gasteiger partial charge in [-0.15, -0.1) is 0 Å². The van der Waals surface area contributed by atoms with Crippen LogP contribution >= 0.6 is 12.6 Å². The number of nitrogens with one attached hydrogen (secondary N) is 9. The van der Waals surface area contributed by atoms with Crippen LogP contribution in [0.15, 0.2) is 30.5 Å². The van der Waals surface area contributed by atoms with E-state index in [1.165, 1.54) is 0 Å². The van der Waals surface area contributed by atoms with Crippen LogP contribution < -0.4 is 59.7 Å². The predicted octanol–water partition coefficient (Wildman–Crippen LogP) is -4.60. The summed E-state index contributed by atoms with van der Waals surface area (Å²) >= 11 is 4.19. The van der Waals surface area contributed by atoms with Crippen molar-refractivity contribution in [3.8, 4) is 0 Å². The zero-order chi connectivity index (χ0) is 54.4. The highest BCUT2D eigenvalue weighted by atomic mass is 32.1. The molecule has 1 heterocycles. The zero-order valence-electron chi connectivity index (χ0n) is 40.2. The Morgan fingerprint density at radius 2 is 1.15 bits per heavy atom. The van der Waals surface area contributed by atoms with E-state index < -0.39 is 163 Å². The van der Waals surface area contributed by atoms with Crippen molar-refractivity contribution in [1.29, 1.82) is 0 Å². The fourth-order valence-corrected chi connectivity index (χ4v) is 7.06. The number of thiol groups is 1. The van der Waals surface area contributed by atoms with E-state index in [9.17, 15) is 72.9 Å². The van der Waals surface area contributed by atoms with E-state index in [2.05, 4.69) is 60.1 Å². The lowest BCUT2D eigenvalue weighted by Gasteiger charge is -2.27. The van der Waals surface area contributed by atoms with Gasteiger partial charge in [-0.05, 0) is 57.1 Å². The van der Waals surface area contributed by atoms with Gasteiger partial charge in [-0.2, -0.15) is 12.6 Å². The molecule has 0 aliphatic rings. The molecule has 18 N–H and O–H groups in total. The number of aliphatic carboxylic acids is 2. The summed E-state index contributed by atoms with van der Waals surface area (Å²) in [5, 5.41) is 48.5. The van der Waals surface area contributed by atoms with Gasteiger partial charge >= 0.3 is 11.9 Å². The van der Waals surface area contributed by atoms with Crippen molar-refractivity contribution in [2.45, 2.75) is 134 Å². The minimum atomic E-state index is -1.70. The van der Waals surface area contributed by atoms with Crippen molar-refractivity contribution in [2.75, 3.05) is 12.3 Å². The van der Waals surface area contributed by atoms with Gasteiger partial charge in [0.05, 0.1) is 18.7 Å². The van der Waals surface area contributed by atoms with Crippen LogP contribution in [0.1, 0.15) is 78.2 Å². The molecule has 0 spiro atoms. The van der Waals surface area contributed by atoms with Crippen LogP contribution in [0.3, 0.4) is 0 Å². The lowest BCUT2D eigenvalue weighted by atomic mass is 10.0. The van der Waals surface area contributed by atoms with E-state index in [1.807, 2.05) is 0 Å². The first-order chi connectivity index (χ1) is 33.7. The Hall–Kier alpha value is -7.33. The number of aromatic amines is 1. The third-order valence-electron chi connectivity index (χ3n) is 10.8. The van der Waals surface area contributed by atoms with Crippen molar-refractivity contribution in [3.63, 3.8) is 0 Å². The molecule has 1 aromatic carbocycles. The van der Waals surface area contributed by atoms with Crippen molar-refractivity contribution >= 4 is 94.5 Å². The Balaban J connectivity index is 2.33. The highest BCUT2D eigenvalue weighted by Crippen LogP contribution is 2.20. The van der Waals surface area contributed by atoms with Crippen LogP contribution in [-0.4, -0.2) is 158 Å². The number of aliphatic hydroxyl groups is 1. The van der Waals surface area contributed by atoms with Crippen molar-refractivity contribution in [3.05, 3.63) is 36.0 Å². The smallest absolute Gasteiger partial charge is 0.325 e. The van der Waals surface area contributed by atoms with Crippen LogP contribution in [0.4, 0.5) is 0 Å². The first kappa shape index (κ1) is 60.8. The molecule has 0 aliphatic carbocycles. The van der Waals surface area contributed by atoms with Crippen molar-refractivity contribution < 1.29 is 72.9 Å². The maximum absolute atomic E-state index is 13.9. The van der Waals surface area contributed by atoms with Crippen LogP contribution in [0, 0.1) is 5.92 Å². The Bertz CT molecular complexity index is 2290. The topological polar surface area (TPSA) is 456 Å². The molecular formula is C44H66N12O15S. The van der Waals surface area contributed by atoms with E-state index in [4.69, 9.17) is 17.2 Å². The molecule has 1 aromatic heterocycles. The number of fused-ring (bicyclic) bond motifs is 1. The van der Waals surface area contributed by atoms with Crippen molar-refractivity contribution in [1.82, 2.24) is 47.5 Å². The number of carboxylic acid groups (broad SMARTS) is 2. The highest BCUT2D eigenvalue weighted by molar-refractivity contribution is 7.80. The van der Waals surface area contributed by atoms with E-state index in [1.54, 1.807) is 44.3 Å². The number of benzene rings is 1. The number of aliphatic hydroxyl groups excluding tert-OH is 1. The molecule has 9 atom stereocenters. The van der Waals surface area contributed by atoms with E-state index in [0.717, 1.165) is 13.8 Å². The van der Waals surface area contributed by atoms with Gasteiger partial charge in [0.15, 0.2) is 0 Å². The summed E-state index contributed by atoms with van der Waals surface area (Å²) in [6.07, 6.45) is -2.63. The molecule has 0 bridgehead atoms. The van der Waals surface area contributed by atoms with E-state index in [0.29, 0.717) is 16.5 Å². The number of nitrogens with two attached hydrogens (primary N) is 3. The maximum atomic E-state index is 13.9. The Morgan fingerprint density at radius 1 is 0.625 bits per heavy atom. The number of carbonyl (C=O) groups excluding carboxylic acids is 10. The average Bonchev–Trinajstić information content (AvgIpc) is 3.71. The third-order valence-corrected chi connectivity index (χ3v) is 11.1. The first-order valence-corrected chi connectivity index (χ1v) is 23.4. The normalized spacial score (nSPS) is 14.8. The van der Waals surface area contributed by atoms with Gasteiger partial charge < -0.3 is 80.0 Å². The van der Waals surface area contributed by atoms with Crippen LogP contribution in [0.5, 0.6) is 0 Å². The fraction of sp³-hybridized carbons (Fsp3) is 0.545. The molecule has 0 saturated carbocycles. The maximum Gasteiger partial charge on any atom is 0.325 e. The SMILES string of the molecule is CC(C)C[C@H](NC(=O)[C@@H](N)CCC(N)=O)C(=O)NCC(=O)N[C@@H](CCC(=O)O)C(=O)N[C@@H](CCC(N)=O)C(=O)N[C@@H](CS)C(=O)N[C@@H](Cc1c[nH]c2ccccc12)C(=O)N[C@H](C(=O)N[C@@H](C)C(=O)O)[C@@H](C)O. The zero-order valence-corrected chi connectivity index (χ0v) is 41.0. The Kier molecular flexibility index (Phi) is 25.1. The largest absolute Gasteiger partial charge is 0.481 e. The molecule has 10 amide bonds. The number of aromatic nitrogens is 1. The van der Waals surface area contributed by atoms with Crippen LogP contribution in [0.2, 0.25) is 0 Å². The van der Waals surface area contributed by atoms with Gasteiger partial charge in [0.1, 0.15) is 42.3 Å². The summed E-state index contributed by atoms with van der Waals surface area (Å²) in [5.74, 6) is -12.9. The summed E-state index contributed by atoms with van der Waals surface area (Å²) in [4.78, 5) is 156. The first-order valence-electron chi connectivity index (χ1n) is 22.7. The van der Waals surface area contributed by atoms with Gasteiger partial charge in [0.2, 0.25) is 59.1 Å². The number of hydrogen-bond acceptors (Lipinski definition) is 15. The second-order valence-electron chi connectivity index (χ2n) is 17.3. The molecule has 0 radical (unpaired) electrons. The minimum absolute atomic E-state index is 0.0955. The van der Waals surface area contributed by atoms with Crippen LogP contribution in [0.25, 0.3) is 10.9 Å². The number of carbonyl (C=O) groups is 12. The Labute approximate surface area is 418 Å². The second-order valence-corrected chi connectivity index (χ2v) is 17.7. The molecule has 0 aliphatic heterocycles. The number of para-hydroxylation sites is 1. The summed E-state index contributed by atoms with van der Waals surface area (Å²) in [5.41, 5.74) is 17.5. The molecule has 0 saturated heterocycles. The number of H-pyrrole nitrogens is 1. The number of rotatable bonds is 32. The highest BCUT2D eigenvalue weighted by Gasteiger charge is 2.35. The summed E-state index contributed by atoms with van der Waals surface area (Å²) in [6, 6.07) is -5.00. The predicted molar refractivity (Wildman–Crippen MR) is 259 cm³/mol. The molecule has 2 aromatic rings. The van der Waals surface area contributed by atoms with Crippen LogP contribution in [-0.2, 0) is 64.0 Å². The van der Waals surface area contributed by atoms with Crippen molar-refractivity contribution in [2.24, 2.45) is 23.1 Å².